The van der Waals surface area contributed by atoms with Crippen molar-refractivity contribution in [2.24, 2.45) is 0 Å². The van der Waals surface area contributed by atoms with Crippen molar-refractivity contribution >= 4 is 23.2 Å². The number of rotatable bonds is 5. The van der Waals surface area contributed by atoms with Gasteiger partial charge >= 0.3 is 11.8 Å². The number of hydrogen-bond acceptors (Lipinski definition) is 4. The molecule has 0 aliphatic carbocycles. The Morgan fingerprint density at radius 3 is 2.19 bits per heavy atom. The van der Waals surface area contributed by atoms with Crippen LogP contribution in [0.15, 0.2) is 73.1 Å². The van der Waals surface area contributed by atoms with E-state index in [0.717, 1.165) is 12.0 Å². The van der Waals surface area contributed by atoms with Gasteiger partial charge in [0.2, 0.25) is 0 Å². The Bertz CT molecular complexity index is 925. The summed E-state index contributed by atoms with van der Waals surface area (Å²) in [6.45, 7) is 1.99. The molecule has 0 radical (unpaired) electrons. The molecule has 0 aliphatic rings. The molecule has 0 saturated carbocycles. The first-order valence-corrected chi connectivity index (χ1v) is 8.54. The Kier molecular flexibility index (Phi) is 5.79. The number of aryl methyl sites for hydroxylation is 1. The lowest BCUT2D eigenvalue weighted by molar-refractivity contribution is -0.133. The van der Waals surface area contributed by atoms with Crippen molar-refractivity contribution < 1.29 is 14.3 Å². The third-order valence-corrected chi connectivity index (χ3v) is 3.85. The maximum absolute atomic E-state index is 12.1. The van der Waals surface area contributed by atoms with Crippen LogP contribution < -0.4 is 15.4 Å². The van der Waals surface area contributed by atoms with Crippen LogP contribution in [0.4, 0.5) is 11.4 Å². The van der Waals surface area contributed by atoms with E-state index in [4.69, 9.17) is 4.74 Å². The zero-order valence-electron chi connectivity index (χ0n) is 14.8. The van der Waals surface area contributed by atoms with Gasteiger partial charge in [0, 0.05) is 23.8 Å². The predicted octanol–water partition coefficient (Wildman–Crippen LogP) is 4.01. The van der Waals surface area contributed by atoms with Crippen LogP contribution in [-0.2, 0) is 16.0 Å². The van der Waals surface area contributed by atoms with Gasteiger partial charge in [-0.3, -0.25) is 14.6 Å². The summed E-state index contributed by atoms with van der Waals surface area (Å²) < 4.78 is 5.66. The monoisotopic (exact) mass is 361 g/mol. The van der Waals surface area contributed by atoms with Gasteiger partial charge in [0.15, 0.2) is 0 Å². The number of aromatic nitrogens is 1. The molecule has 1 heterocycles. The van der Waals surface area contributed by atoms with Crippen molar-refractivity contribution in [3.63, 3.8) is 0 Å². The van der Waals surface area contributed by atoms with Crippen LogP contribution in [0.5, 0.6) is 11.5 Å². The highest BCUT2D eigenvalue weighted by molar-refractivity contribution is 6.43. The largest absolute Gasteiger partial charge is 0.457 e. The molecular formula is C21H19N3O3. The molecule has 0 spiro atoms. The first kappa shape index (κ1) is 18.1. The summed E-state index contributed by atoms with van der Waals surface area (Å²) in [7, 11) is 0. The molecule has 1 aromatic heterocycles. The smallest absolute Gasteiger partial charge is 0.314 e. The average molecular weight is 361 g/mol. The number of nitrogens with zero attached hydrogens (tertiary/aromatic N) is 1. The van der Waals surface area contributed by atoms with E-state index in [-0.39, 0.29) is 0 Å². The van der Waals surface area contributed by atoms with Crippen LogP contribution in [0.3, 0.4) is 0 Å². The average Bonchev–Trinajstić information content (AvgIpc) is 2.70. The maximum atomic E-state index is 12.1. The Morgan fingerprint density at radius 2 is 1.48 bits per heavy atom. The summed E-state index contributed by atoms with van der Waals surface area (Å²) in [5, 5.41) is 5.22. The van der Waals surface area contributed by atoms with E-state index >= 15 is 0 Å². The lowest BCUT2D eigenvalue weighted by Gasteiger charge is -2.10. The van der Waals surface area contributed by atoms with Crippen LogP contribution in [-0.4, -0.2) is 16.8 Å². The minimum atomic E-state index is -0.733. The van der Waals surface area contributed by atoms with Crippen LogP contribution in [0.25, 0.3) is 0 Å². The fourth-order valence-corrected chi connectivity index (χ4v) is 2.47. The lowest BCUT2D eigenvalue weighted by Crippen LogP contribution is -2.29. The number of anilines is 2. The molecule has 2 aromatic carbocycles. The summed E-state index contributed by atoms with van der Waals surface area (Å²) in [6.07, 6.45) is 4.04. The van der Waals surface area contributed by atoms with Gasteiger partial charge in [-0.25, -0.2) is 0 Å². The van der Waals surface area contributed by atoms with Crippen molar-refractivity contribution in [1.82, 2.24) is 4.98 Å². The number of carbonyl (C=O) groups excluding carboxylic acids is 2. The Hall–Kier alpha value is -3.67. The molecule has 3 aromatic rings. The molecule has 2 N–H and O–H groups in total. The SMILES string of the molecule is CCc1ccccc1NC(=O)C(=O)Nc1ccc(Oc2ccncc2)cc1. The molecule has 0 saturated heterocycles. The zero-order valence-corrected chi connectivity index (χ0v) is 14.8. The predicted molar refractivity (Wildman–Crippen MR) is 104 cm³/mol. The van der Waals surface area contributed by atoms with Crippen molar-refractivity contribution in [3.05, 3.63) is 78.6 Å². The lowest BCUT2D eigenvalue weighted by atomic mass is 10.1. The van der Waals surface area contributed by atoms with Gasteiger partial charge in [0.25, 0.3) is 0 Å². The van der Waals surface area contributed by atoms with Gasteiger partial charge in [-0.2, -0.15) is 0 Å². The standard InChI is InChI=1S/C21H19N3O3/c1-2-15-5-3-4-6-19(15)24-21(26)20(25)23-16-7-9-17(10-8-16)27-18-11-13-22-14-12-18/h3-14H,2H2,1H3,(H,23,25)(H,24,26). The van der Waals surface area contributed by atoms with Crippen molar-refractivity contribution in [1.29, 1.82) is 0 Å². The molecule has 2 amide bonds. The zero-order chi connectivity index (χ0) is 19.1. The molecule has 0 unspecified atom stereocenters. The minimum Gasteiger partial charge on any atom is -0.457 e. The highest BCUT2D eigenvalue weighted by atomic mass is 16.5. The topological polar surface area (TPSA) is 80.3 Å². The highest BCUT2D eigenvalue weighted by Crippen LogP contribution is 2.22. The Morgan fingerprint density at radius 1 is 0.852 bits per heavy atom. The molecule has 0 aliphatic heterocycles. The van der Waals surface area contributed by atoms with Gasteiger partial charge in [-0.15, -0.1) is 0 Å². The third kappa shape index (κ3) is 4.92. The van der Waals surface area contributed by atoms with E-state index in [2.05, 4.69) is 15.6 Å². The van der Waals surface area contributed by atoms with Crippen LogP contribution >= 0.6 is 0 Å². The summed E-state index contributed by atoms with van der Waals surface area (Å²) in [5.41, 5.74) is 2.11. The molecule has 6 nitrogen and oxygen atoms in total. The molecule has 27 heavy (non-hydrogen) atoms. The molecule has 0 fully saturated rings. The Balaban J connectivity index is 1.59. The van der Waals surface area contributed by atoms with E-state index in [1.54, 1.807) is 54.9 Å². The fraction of sp³-hybridized carbons (Fsp3) is 0.0952. The van der Waals surface area contributed by atoms with E-state index in [9.17, 15) is 9.59 Å². The van der Waals surface area contributed by atoms with E-state index in [1.165, 1.54) is 0 Å². The van der Waals surface area contributed by atoms with Crippen LogP contribution in [0, 0.1) is 0 Å². The first-order valence-electron chi connectivity index (χ1n) is 8.54. The van der Waals surface area contributed by atoms with Gasteiger partial charge < -0.3 is 15.4 Å². The van der Waals surface area contributed by atoms with Gasteiger partial charge in [0.05, 0.1) is 0 Å². The minimum absolute atomic E-state index is 0.501. The second kappa shape index (κ2) is 8.62. The molecule has 6 heteroatoms. The van der Waals surface area contributed by atoms with Crippen LogP contribution in [0.2, 0.25) is 0 Å². The number of carbonyl (C=O) groups is 2. The second-order valence-electron chi connectivity index (χ2n) is 5.73. The first-order chi connectivity index (χ1) is 13.2. The van der Waals surface area contributed by atoms with Gasteiger partial charge in [0.1, 0.15) is 11.5 Å². The normalized spacial score (nSPS) is 10.1. The van der Waals surface area contributed by atoms with E-state index in [0.29, 0.717) is 22.9 Å². The number of nitrogens with one attached hydrogen (secondary N) is 2. The van der Waals surface area contributed by atoms with Gasteiger partial charge in [-0.05, 0) is 54.4 Å². The number of hydrogen-bond donors (Lipinski definition) is 2. The van der Waals surface area contributed by atoms with Crippen LogP contribution in [0.1, 0.15) is 12.5 Å². The summed E-state index contributed by atoms with van der Waals surface area (Å²) in [5.74, 6) is -0.173. The highest BCUT2D eigenvalue weighted by Gasteiger charge is 2.15. The van der Waals surface area contributed by atoms with E-state index < -0.39 is 11.8 Å². The molecule has 136 valence electrons. The second-order valence-corrected chi connectivity index (χ2v) is 5.73. The van der Waals surface area contributed by atoms with E-state index in [1.807, 2.05) is 25.1 Å². The number of ether oxygens (including phenoxy) is 1. The number of pyridine rings is 1. The van der Waals surface area contributed by atoms with Crippen molar-refractivity contribution in [3.8, 4) is 11.5 Å². The van der Waals surface area contributed by atoms with Crippen molar-refractivity contribution in [2.75, 3.05) is 10.6 Å². The Labute approximate surface area is 157 Å². The number of para-hydroxylation sites is 1. The molecule has 3 rings (SSSR count). The summed E-state index contributed by atoms with van der Waals surface area (Å²) in [4.78, 5) is 28.2. The summed E-state index contributed by atoms with van der Waals surface area (Å²) in [6, 6.07) is 17.6. The molecule has 0 atom stereocenters. The summed E-state index contributed by atoms with van der Waals surface area (Å²) >= 11 is 0. The fourth-order valence-electron chi connectivity index (χ4n) is 2.47. The van der Waals surface area contributed by atoms with Crippen molar-refractivity contribution in [2.45, 2.75) is 13.3 Å². The van der Waals surface area contributed by atoms with Gasteiger partial charge in [-0.1, -0.05) is 25.1 Å². The maximum Gasteiger partial charge on any atom is 0.314 e. The molecular weight excluding hydrogens is 342 g/mol. The third-order valence-electron chi connectivity index (χ3n) is 3.85. The quantitative estimate of drug-likeness (QED) is 0.673. The number of amides is 2. The molecule has 0 bridgehead atoms. The number of benzene rings is 2.